The van der Waals surface area contributed by atoms with E-state index in [1.807, 2.05) is 13.8 Å². The Hall–Kier alpha value is -1.24. The molecule has 4 aliphatic carbocycles. The van der Waals surface area contributed by atoms with Crippen molar-refractivity contribution in [2.75, 3.05) is 0 Å². The molecule has 1 saturated heterocycles. The third-order valence-electron chi connectivity index (χ3n) is 8.53. The van der Waals surface area contributed by atoms with E-state index in [0.717, 1.165) is 0 Å². The van der Waals surface area contributed by atoms with Gasteiger partial charge in [0.05, 0.1) is 17.6 Å². The number of carbonyl (C=O) groups is 2. The fourth-order valence-corrected chi connectivity index (χ4v) is 7.63. The predicted octanol–water partition coefficient (Wildman–Crippen LogP) is 0.582. The molecule has 0 amide bonds. The van der Waals surface area contributed by atoms with Crippen molar-refractivity contribution < 1.29 is 29.6 Å². The molecule has 0 unspecified atom stereocenters. The van der Waals surface area contributed by atoms with Gasteiger partial charge >= 0.3 is 5.97 Å². The summed E-state index contributed by atoms with van der Waals surface area (Å²) < 4.78 is 5.76. The number of rotatable bonds is 0. The number of ketones is 1. The Morgan fingerprint density at radius 3 is 2.54 bits per heavy atom. The van der Waals surface area contributed by atoms with Gasteiger partial charge in [-0.1, -0.05) is 20.4 Å². The second-order valence-corrected chi connectivity index (χ2v) is 9.84. The van der Waals surface area contributed by atoms with Gasteiger partial charge in [0.1, 0.15) is 17.6 Å². The van der Waals surface area contributed by atoms with Gasteiger partial charge in [0, 0.05) is 11.8 Å². The van der Waals surface area contributed by atoms with E-state index in [1.54, 1.807) is 0 Å². The number of aliphatic hydroxyl groups is 3. The number of aliphatic hydroxyl groups excluding tert-OH is 3. The Balaban J connectivity index is 1.81. The van der Waals surface area contributed by atoms with Gasteiger partial charge in [-0.05, 0) is 42.6 Å². The number of hydrogen-bond donors (Lipinski definition) is 3. The van der Waals surface area contributed by atoms with Crippen molar-refractivity contribution in [3.05, 3.63) is 12.2 Å². The summed E-state index contributed by atoms with van der Waals surface area (Å²) in [6.45, 7) is 7.87. The second kappa shape index (κ2) is 4.59. The third-order valence-corrected chi connectivity index (χ3v) is 8.53. The quantitative estimate of drug-likeness (QED) is 0.430. The van der Waals surface area contributed by atoms with E-state index in [1.165, 1.54) is 0 Å². The van der Waals surface area contributed by atoms with Crippen LogP contribution in [0.4, 0.5) is 0 Å². The smallest absolute Gasteiger partial charge is 0.315 e. The highest BCUT2D eigenvalue weighted by atomic mass is 16.6. The summed E-state index contributed by atoms with van der Waals surface area (Å²) in [4.78, 5) is 26.7. The summed E-state index contributed by atoms with van der Waals surface area (Å²) >= 11 is 0. The summed E-state index contributed by atoms with van der Waals surface area (Å²) in [5.41, 5.74) is -2.52. The first-order valence-electron chi connectivity index (χ1n) is 9.58. The number of esters is 1. The van der Waals surface area contributed by atoms with Gasteiger partial charge in [-0.2, -0.15) is 0 Å². The van der Waals surface area contributed by atoms with Crippen LogP contribution in [0.25, 0.3) is 0 Å². The molecule has 9 atom stereocenters. The molecule has 142 valence electrons. The molecule has 5 fully saturated rings. The van der Waals surface area contributed by atoms with Crippen molar-refractivity contribution in [1.82, 2.24) is 0 Å². The Bertz CT molecular complexity index is 743. The monoisotopic (exact) mass is 362 g/mol. The normalized spacial score (nSPS) is 56.8. The number of carbonyl (C=O) groups excluding carboxylic acids is 2. The fourth-order valence-electron chi connectivity index (χ4n) is 7.63. The van der Waals surface area contributed by atoms with Crippen molar-refractivity contribution >= 4 is 11.8 Å². The largest absolute Gasteiger partial charge is 0.461 e. The van der Waals surface area contributed by atoms with Crippen molar-refractivity contribution in [2.45, 2.75) is 63.9 Å². The topological polar surface area (TPSA) is 104 Å². The second-order valence-electron chi connectivity index (χ2n) is 9.84. The lowest BCUT2D eigenvalue weighted by molar-refractivity contribution is -0.227. The van der Waals surface area contributed by atoms with Crippen molar-refractivity contribution in [3.63, 3.8) is 0 Å². The minimum atomic E-state index is -1.40. The zero-order chi connectivity index (χ0) is 18.8. The highest BCUT2D eigenvalue weighted by Crippen LogP contribution is 2.73. The first-order valence-corrected chi connectivity index (χ1v) is 9.58. The Labute approximate surface area is 152 Å². The number of Topliss-reactive ketones (excluding diaryl/α,β-unsaturated/α-hetero) is 1. The van der Waals surface area contributed by atoms with Crippen LogP contribution < -0.4 is 0 Å². The van der Waals surface area contributed by atoms with E-state index in [-0.39, 0.29) is 5.92 Å². The van der Waals surface area contributed by atoms with Gasteiger partial charge in [-0.3, -0.25) is 9.59 Å². The van der Waals surface area contributed by atoms with Crippen molar-refractivity contribution in [2.24, 2.45) is 34.0 Å². The first kappa shape index (κ1) is 16.9. The van der Waals surface area contributed by atoms with Gasteiger partial charge in [0.15, 0.2) is 5.78 Å². The van der Waals surface area contributed by atoms with Gasteiger partial charge in [0.2, 0.25) is 0 Å². The maximum atomic E-state index is 13.5. The van der Waals surface area contributed by atoms with Crippen LogP contribution >= 0.6 is 0 Å². The zero-order valence-electron chi connectivity index (χ0n) is 15.1. The molecule has 0 radical (unpaired) electrons. The highest BCUT2D eigenvalue weighted by Gasteiger charge is 2.83. The third kappa shape index (κ3) is 1.47. The molecule has 1 heterocycles. The molecule has 2 spiro atoms. The molecule has 3 N–H and O–H groups in total. The standard InChI is InChI=1S/C20H26O6/c1-8-9-6-10-13-19(7-9,15(8)23)16(24)12(22)14-18(2,3)5-4-11(21)20(13,14)17(25)26-10/h9-15,21-23H,1,4-7H2,2-3H3/t9-,10-,11+,12+,13-,14-,15-,19-,20-/m1/s1. The summed E-state index contributed by atoms with van der Waals surface area (Å²) in [6.07, 6.45) is -2.07. The van der Waals surface area contributed by atoms with Crippen LogP contribution in [0.5, 0.6) is 0 Å². The average molecular weight is 362 g/mol. The van der Waals surface area contributed by atoms with E-state index in [9.17, 15) is 24.9 Å². The molecule has 2 bridgehead atoms. The molecule has 6 nitrogen and oxygen atoms in total. The van der Waals surface area contributed by atoms with Gasteiger partial charge < -0.3 is 20.1 Å². The summed E-state index contributed by atoms with van der Waals surface area (Å²) in [5, 5.41) is 33.2. The molecule has 5 aliphatic rings. The maximum absolute atomic E-state index is 13.5. The minimum absolute atomic E-state index is 0.101. The Morgan fingerprint density at radius 1 is 1.15 bits per heavy atom. The molecule has 0 aromatic carbocycles. The van der Waals surface area contributed by atoms with Crippen LogP contribution in [0.1, 0.15) is 39.5 Å². The summed E-state index contributed by atoms with van der Waals surface area (Å²) in [6, 6.07) is 0. The van der Waals surface area contributed by atoms with E-state index in [0.29, 0.717) is 31.3 Å². The Kier molecular flexibility index (Phi) is 2.99. The van der Waals surface area contributed by atoms with E-state index in [2.05, 4.69) is 6.58 Å². The minimum Gasteiger partial charge on any atom is -0.461 e. The molecule has 0 aromatic heterocycles. The van der Waals surface area contributed by atoms with Crippen LogP contribution in [0.15, 0.2) is 12.2 Å². The number of ether oxygens (including phenoxy) is 1. The molecule has 4 saturated carbocycles. The fraction of sp³-hybridized carbons (Fsp3) is 0.800. The predicted molar refractivity (Wildman–Crippen MR) is 89.6 cm³/mol. The molecule has 1 aliphatic heterocycles. The summed E-state index contributed by atoms with van der Waals surface area (Å²) in [5.74, 6) is -2.32. The lowest BCUT2D eigenvalue weighted by Gasteiger charge is -2.62. The van der Waals surface area contributed by atoms with Crippen molar-refractivity contribution in [3.8, 4) is 0 Å². The van der Waals surface area contributed by atoms with Gasteiger partial charge in [-0.15, -0.1) is 0 Å². The van der Waals surface area contributed by atoms with Crippen LogP contribution in [0, 0.1) is 34.0 Å². The van der Waals surface area contributed by atoms with Crippen LogP contribution in [0.2, 0.25) is 0 Å². The van der Waals surface area contributed by atoms with E-state index < -0.39 is 64.2 Å². The van der Waals surface area contributed by atoms with E-state index in [4.69, 9.17) is 4.74 Å². The molecule has 6 heteroatoms. The Morgan fingerprint density at radius 2 is 1.85 bits per heavy atom. The molecular weight excluding hydrogens is 336 g/mol. The molecule has 26 heavy (non-hydrogen) atoms. The zero-order valence-corrected chi connectivity index (χ0v) is 15.1. The number of fused-ring (bicyclic) bond motifs is 1. The molecule has 0 aromatic rings. The van der Waals surface area contributed by atoms with Crippen molar-refractivity contribution in [1.29, 1.82) is 0 Å². The summed E-state index contributed by atoms with van der Waals surface area (Å²) in [7, 11) is 0. The van der Waals surface area contributed by atoms with Gasteiger partial charge in [-0.25, -0.2) is 0 Å². The van der Waals surface area contributed by atoms with Crippen LogP contribution in [-0.2, 0) is 14.3 Å². The molecule has 5 rings (SSSR count). The molecular formula is C20H26O6. The van der Waals surface area contributed by atoms with Crippen LogP contribution in [0.3, 0.4) is 0 Å². The SMILES string of the molecule is C=C1[C@@H]2C[C@H]3OC(=O)[C@@]45[C@H]([C@H](O)C(=O)[C@@](C2)([C@@H]1O)[C@@H]34)C(C)(C)CC[C@@H]5O. The maximum Gasteiger partial charge on any atom is 0.315 e. The number of hydrogen-bond acceptors (Lipinski definition) is 6. The first-order chi connectivity index (χ1) is 12.1. The van der Waals surface area contributed by atoms with E-state index >= 15 is 0 Å². The van der Waals surface area contributed by atoms with Gasteiger partial charge in [0.25, 0.3) is 0 Å². The average Bonchev–Trinajstić information content (AvgIpc) is 2.97. The lowest BCUT2D eigenvalue weighted by Crippen LogP contribution is -2.73. The van der Waals surface area contributed by atoms with Crippen LogP contribution in [-0.4, -0.2) is 51.5 Å². The highest BCUT2D eigenvalue weighted by molar-refractivity contribution is 5.97. The lowest BCUT2D eigenvalue weighted by atomic mass is 9.39.